The van der Waals surface area contributed by atoms with Crippen molar-refractivity contribution in [1.82, 2.24) is 4.72 Å². The Labute approximate surface area is 141 Å². The zero-order valence-electron chi connectivity index (χ0n) is 11.3. The molecule has 0 fully saturated rings. The summed E-state index contributed by atoms with van der Waals surface area (Å²) in [6.45, 7) is 1.76. The molecule has 0 amide bonds. The van der Waals surface area contributed by atoms with Crippen molar-refractivity contribution >= 4 is 48.9 Å². The van der Waals surface area contributed by atoms with Gasteiger partial charge in [-0.1, -0.05) is 29.8 Å². The van der Waals surface area contributed by atoms with E-state index in [0.29, 0.717) is 14.6 Å². The van der Waals surface area contributed by atoms with Crippen LogP contribution in [-0.4, -0.2) is 15.5 Å². The van der Waals surface area contributed by atoms with Crippen LogP contribution in [0.2, 0.25) is 5.02 Å². The van der Waals surface area contributed by atoms with Gasteiger partial charge in [0.15, 0.2) is 0 Å². The van der Waals surface area contributed by atoms with Crippen molar-refractivity contribution in [2.24, 2.45) is 0 Å². The Morgan fingerprint density at radius 1 is 1.38 bits per heavy atom. The number of para-hydroxylation sites is 1. The van der Waals surface area contributed by atoms with E-state index in [4.69, 9.17) is 16.3 Å². The van der Waals surface area contributed by atoms with Crippen molar-refractivity contribution in [3.63, 3.8) is 0 Å². The average Bonchev–Trinajstić information content (AvgIpc) is 2.79. The first kappa shape index (κ1) is 16.8. The molecule has 1 heterocycles. The molecule has 0 bridgehead atoms. The van der Waals surface area contributed by atoms with E-state index in [-0.39, 0.29) is 4.21 Å². The van der Waals surface area contributed by atoms with Crippen LogP contribution >= 0.6 is 38.9 Å². The number of sulfonamides is 1. The van der Waals surface area contributed by atoms with Gasteiger partial charge in [-0.25, -0.2) is 13.1 Å². The van der Waals surface area contributed by atoms with Crippen LogP contribution in [0.25, 0.3) is 0 Å². The number of benzene rings is 1. The van der Waals surface area contributed by atoms with Gasteiger partial charge in [-0.3, -0.25) is 0 Å². The largest absolute Gasteiger partial charge is 0.496 e. The molecule has 0 spiro atoms. The Balaban J connectivity index is 2.28. The Hall–Kier alpha value is -0.600. The van der Waals surface area contributed by atoms with Crippen LogP contribution in [0.15, 0.2) is 38.3 Å². The Kier molecular flexibility index (Phi) is 5.32. The third-order valence-corrected chi connectivity index (χ3v) is 7.31. The first-order valence-corrected chi connectivity index (χ1v) is 9.42. The van der Waals surface area contributed by atoms with E-state index < -0.39 is 16.1 Å². The van der Waals surface area contributed by atoms with Gasteiger partial charge in [-0.05, 0) is 35.0 Å². The van der Waals surface area contributed by atoms with Gasteiger partial charge in [-0.15, -0.1) is 11.3 Å². The minimum absolute atomic E-state index is 0.168. The van der Waals surface area contributed by atoms with E-state index in [9.17, 15) is 8.42 Å². The second-order valence-corrected chi connectivity index (χ2v) is 8.99. The minimum atomic E-state index is -3.64. The lowest BCUT2D eigenvalue weighted by Crippen LogP contribution is -2.26. The molecule has 2 rings (SSSR count). The van der Waals surface area contributed by atoms with Crippen LogP contribution in [-0.2, 0) is 10.0 Å². The van der Waals surface area contributed by atoms with E-state index in [1.807, 2.05) is 18.2 Å². The lowest BCUT2D eigenvalue weighted by Gasteiger charge is -2.16. The molecular formula is C13H13BrClNO3S2. The second kappa shape index (κ2) is 6.66. The number of thiophene rings is 1. The predicted molar refractivity (Wildman–Crippen MR) is 88.8 cm³/mol. The maximum Gasteiger partial charge on any atom is 0.250 e. The molecule has 21 heavy (non-hydrogen) atoms. The Morgan fingerprint density at radius 3 is 2.62 bits per heavy atom. The summed E-state index contributed by atoms with van der Waals surface area (Å²) in [4.78, 5) is 0. The molecule has 0 aliphatic heterocycles. The van der Waals surface area contributed by atoms with Crippen molar-refractivity contribution in [1.29, 1.82) is 0 Å². The zero-order chi connectivity index (χ0) is 15.6. The van der Waals surface area contributed by atoms with Crippen molar-refractivity contribution in [3.8, 4) is 5.75 Å². The molecule has 0 saturated heterocycles. The number of hydrogen-bond donors (Lipinski definition) is 1. The van der Waals surface area contributed by atoms with Gasteiger partial charge < -0.3 is 4.74 Å². The normalized spacial score (nSPS) is 13.1. The quantitative estimate of drug-likeness (QED) is 0.803. The predicted octanol–water partition coefficient (Wildman–Crippen LogP) is 4.21. The lowest BCUT2D eigenvalue weighted by molar-refractivity contribution is 0.405. The molecule has 8 heteroatoms. The summed E-state index contributed by atoms with van der Waals surface area (Å²) in [6.07, 6.45) is 0. The lowest BCUT2D eigenvalue weighted by atomic mass is 10.1. The fourth-order valence-electron chi connectivity index (χ4n) is 1.84. The number of nitrogens with one attached hydrogen (secondary N) is 1. The molecule has 0 saturated carbocycles. The van der Waals surface area contributed by atoms with Gasteiger partial charge in [-0.2, -0.15) is 0 Å². The van der Waals surface area contributed by atoms with Crippen LogP contribution in [0.3, 0.4) is 0 Å². The first-order valence-electron chi connectivity index (χ1n) is 5.95. The van der Waals surface area contributed by atoms with Gasteiger partial charge >= 0.3 is 0 Å². The van der Waals surface area contributed by atoms with Gasteiger partial charge in [0.1, 0.15) is 9.96 Å². The number of methoxy groups -OCH3 is 1. The fraction of sp³-hybridized carbons (Fsp3) is 0.231. The molecule has 1 aromatic heterocycles. The van der Waals surface area contributed by atoms with Gasteiger partial charge in [0.2, 0.25) is 0 Å². The van der Waals surface area contributed by atoms with Crippen molar-refractivity contribution in [2.75, 3.05) is 7.11 Å². The number of rotatable bonds is 5. The van der Waals surface area contributed by atoms with E-state index >= 15 is 0 Å². The molecule has 1 N–H and O–H groups in total. The molecule has 1 atom stereocenters. The van der Waals surface area contributed by atoms with Crippen LogP contribution in [0.4, 0.5) is 0 Å². The number of hydrogen-bond acceptors (Lipinski definition) is 4. The topological polar surface area (TPSA) is 55.4 Å². The highest BCUT2D eigenvalue weighted by Crippen LogP contribution is 2.35. The highest BCUT2D eigenvalue weighted by Gasteiger charge is 2.23. The van der Waals surface area contributed by atoms with Crippen molar-refractivity contribution < 1.29 is 13.2 Å². The van der Waals surface area contributed by atoms with Crippen LogP contribution in [0.1, 0.15) is 18.5 Å². The maximum absolute atomic E-state index is 12.4. The summed E-state index contributed by atoms with van der Waals surface area (Å²) in [6, 6.07) is 8.28. The van der Waals surface area contributed by atoms with Gasteiger partial charge in [0, 0.05) is 11.6 Å². The standard InChI is InChI=1S/C13H13BrClNO3S2/c1-8(9-5-3-4-6-11(9)19-2)16-21(17,18)12-7-10(15)13(14)20-12/h3-8,16H,1-2H3. The van der Waals surface area contributed by atoms with E-state index in [2.05, 4.69) is 20.7 Å². The molecule has 4 nitrogen and oxygen atoms in total. The third kappa shape index (κ3) is 3.78. The average molecular weight is 411 g/mol. The molecular weight excluding hydrogens is 398 g/mol. The SMILES string of the molecule is COc1ccccc1C(C)NS(=O)(=O)c1cc(Cl)c(Br)s1. The fourth-order valence-corrected chi connectivity index (χ4v) is 5.48. The van der Waals surface area contributed by atoms with Crippen LogP contribution < -0.4 is 9.46 Å². The summed E-state index contributed by atoms with van der Waals surface area (Å²) >= 11 is 10.2. The van der Waals surface area contributed by atoms with E-state index in [1.54, 1.807) is 20.1 Å². The molecule has 0 radical (unpaired) electrons. The van der Waals surface area contributed by atoms with E-state index in [0.717, 1.165) is 16.9 Å². The maximum atomic E-state index is 12.4. The summed E-state index contributed by atoms with van der Waals surface area (Å²) in [5.41, 5.74) is 0.769. The minimum Gasteiger partial charge on any atom is -0.496 e. The Morgan fingerprint density at radius 2 is 2.05 bits per heavy atom. The number of halogens is 2. The zero-order valence-corrected chi connectivity index (χ0v) is 15.2. The monoisotopic (exact) mass is 409 g/mol. The van der Waals surface area contributed by atoms with Gasteiger partial charge in [0.05, 0.1) is 15.9 Å². The molecule has 1 aromatic carbocycles. The van der Waals surface area contributed by atoms with Crippen LogP contribution in [0.5, 0.6) is 5.75 Å². The highest BCUT2D eigenvalue weighted by molar-refractivity contribution is 9.11. The summed E-state index contributed by atoms with van der Waals surface area (Å²) < 4.78 is 33.4. The third-order valence-electron chi connectivity index (χ3n) is 2.82. The van der Waals surface area contributed by atoms with E-state index in [1.165, 1.54) is 6.07 Å². The summed E-state index contributed by atoms with van der Waals surface area (Å²) in [5, 5.41) is 0.380. The number of ether oxygens (including phenoxy) is 1. The van der Waals surface area contributed by atoms with Crippen molar-refractivity contribution in [3.05, 3.63) is 44.7 Å². The molecule has 2 aromatic rings. The smallest absolute Gasteiger partial charge is 0.250 e. The van der Waals surface area contributed by atoms with Crippen LogP contribution in [0, 0.1) is 0 Å². The van der Waals surface area contributed by atoms with Crippen molar-refractivity contribution in [2.45, 2.75) is 17.2 Å². The second-order valence-electron chi connectivity index (χ2n) is 4.27. The summed E-state index contributed by atoms with van der Waals surface area (Å²) in [7, 11) is -2.08. The molecule has 1 unspecified atom stereocenters. The highest BCUT2D eigenvalue weighted by atomic mass is 79.9. The summed E-state index contributed by atoms with van der Waals surface area (Å²) in [5.74, 6) is 0.637. The molecule has 0 aliphatic carbocycles. The van der Waals surface area contributed by atoms with Gasteiger partial charge in [0.25, 0.3) is 10.0 Å². The Bertz CT molecular complexity index is 726. The molecule has 114 valence electrons. The first-order chi connectivity index (χ1) is 9.85. The molecule has 0 aliphatic rings.